The van der Waals surface area contributed by atoms with Crippen LogP contribution < -0.4 is 15.0 Å². The molecule has 0 radical (unpaired) electrons. The zero-order valence-electron chi connectivity index (χ0n) is 16.1. The Hall–Kier alpha value is -2.53. The van der Waals surface area contributed by atoms with E-state index in [4.69, 9.17) is 4.74 Å². The van der Waals surface area contributed by atoms with Gasteiger partial charge in [-0.05, 0) is 70.1 Å². The van der Waals surface area contributed by atoms with Crippen LogP contribution in [0.25, 0.3) is 0 Å². The quantitative estimate of drug-likeness (QED) is 0.883. The first kappa shape index (κ1) is 17.9. The third-order valence-electron chi connectivity index (χ3n) is 5.54. The molecule has 0 saturated carbocycles. The average Bonchev–Trinajstić information content (AvgIpc) is 2.73. The summed E-state index contributed by atoms with van der Waals surface area (Å²) >= 11 is 0. The summed E-state index contributed by atoms with van der Waals surface area (Å²) in [4.78, 5) is 17.0. The lowest BCUT2D eigenvalue weighted by atomic mass is 10.0. The van der Waals surface area contributed by atoms with Crippen molar-refractivity contribution in [3.05, 3.63) is 48.0 Å². The van der Waals surface area contributed by atoms with Crippen LogP contribution in [0.1, 0.15) is 37.0 Å². The molecule has 0 unspecified atom stereocenters. The number of para-hydroxylation sites is 2. The van der Waals surface area contributed by atoms with Gasteiger partial charge in [-0.15, -0.1) is 0 Å². The second-order valence-corrected chi connectivity index (χ2v) is 7.08. The summed E-state index contributed by atoms with van der Waals surface area (Å²) in [5.74, 6) is 1.68. The predicted octanol–water partition coefficient (Wildman–Crippen LogP) is 4.16. The molecule has 0 spiro atoms. The summed E-state index contributed by atoms with van der Waals surface area (Å²) < 4.78 is 6.21. The Morgan fingerprint density at radius 3 is 2.52 bits per heavy atom. The van der Waals surface area contributed by atoms with E-state index >= 15 is 0 Å². The van der Waals surface area contributed by atoms with E-state index in [1.165, 1.54) is 0 Å². The maximum Gasteiger partial charge on any atom is 0.253 e. The number of anilines is 2. The minimum Gasteiger partial charge on any atom is -0.453 e. The van der Waals surface area contributed by atoms with Gasteiger partial charge >= 0.3 is 0 Å². The van der Waals surface area contributed by atoms with Crippen molar-refractivity contribution in [1.82, 2.24) is 10.2 Å². The van der Waals surface area contributed by atoms with Crippen molar-refractivity contribution in [3.8, 4) is 11.5 Å². The lowest BCUT2D eigenvalue weighted by Gasteiger charge is -2.40. The molecule has 0 bridgehead atoms. The molecule has 2 heterocycles. The van der Waals surface area contributed by atoms with Gasteiger partial charge in [0.25, 0.3) is 5.91 Å². The van der Waals surface area contributed by atoms with Gasteiger partial charge in [-0.3, -0.25) is 4.79 Å². The fraction of sp³-hybridized carbons (Fsp3) is 0.409. The fourth-order valence-corrected chi connectivity index (χ4v) is 4.07. The van der Waals surface area contributed by atoms with E-state index in [-0.39, 0.29) is 5.91 Å². The number of ether oxygens (including phenoxy) is 1. The zero-order chi connectivity index (χ0) is 18.8. The number of carbonyl (C=O) groups excluding carboxylic acids is 1. The number of hydrogen-bond acceptors (Lipinski definition) is 4. The SMILES string of the molecule is CCN(CC)C(=O)c1ccc2c(c1)Oc1ccccc1N2C1CCNCC1. The first-order chi connectivity index (χ1) is 13.2. The first-order valence-corrected chi connectivity index (χ1v) is 9.93. The summed E-state index contributed by atoms with van der Waals surface area (Å²) in [6.45, 7) is 7.47. The highest BCUT2D eigenvalue weighted by molar-refractivity contribution is 5.96. The van der Waals surface area contributed by atoms with Crippen LogP contribution in [-0.4, -0.2) is 43.0 Å². The Kier molecular flexibility index (Phi) is 5.03. The van der Waals surface area contributed by atoms with Crippen LogP contribution in [0, 0.1) is 0 Å². The van der Waals surface area contributed by atoms with Gasteiger partial charge in [0, 0.05) is 24.7 Å². The van der Waals surface area contributed by atoms with E-state index in [0.29, 0.717) is 24.7 Å². The third kappa shape index (κ3) is 3.28. The molecule has 2 aromatic rings. The van der Waals surface area contributed by atoms with Gasteiger partial charge in [0.15, 0.2) is 11.5 Å². The number of piperidine rings is 1. The molecule has 0 aliphatic carbocycles. The van der Waals surface area contributed by atoms with E-state index in [0.717, 1.165) is 48.8 Å². The van der Waals surface area contributed by atoms with Gasteiger partial charge in [-0.2, -0.15) is 0 Å². The molecule has 0 atom stereocenters. The van der Waals surface area contributed by atoms with Crippen LogP contribution in [0.3, 0.4) is 0 Å². The number of nitrogens with one attached hydrogen (secondary N) is 1. The maximum absolute atomic E-state index is 12.8. The number of carbonyl (C=O) groups is 1. The van der Waals surface area contributed by atoms with Gasteiger partial charge in [0.2, 0.25) is 0 Å². The van der Waals surface area contributed by atoms with Crippen LogP contribution in [0.5, 0.6) is 11.5 Å². The summed E-state index contributed by atoms with van der Waals surface area (Å²) in [5.41, 5.74) is 2.85. The Morgan fingerprint density at radius 1 is 1.07 bits per heavy atom. The molecule has 1 amide bonds. The molecular weight excluding hydrogens is 338 g/mol. The highest BCUT2D eigenvalue weighted by Gasteiger charge is 2.31. The Labute approximate surface area is 160 Å². The van der Waals surface area contributed by atoms with Crippen molar-refractivity contribution in [2.75, 3.05) is 31.1 Å². The van der Waals surface area contributed by atoms with E-state index in [9.17, 15) is 4.79 Å². The topological polar surface area (TPSA) is 44.8 Å². The fourth-order valence-electron chi connectivity index (χ4n) is 4.07. The van der Waals surface area contributed by atoms with E-state index < -0.39 is 0 Å². The van der Waals surface area contributed by atoms with Gasteiger partial charge in [-0.25, -0.2) is 0 Å². The largest absolute Gasteiger partial charge is 0.453 e. The summed E-state index contributed by atoms with van der Waals surface area (Å²) in [5, 5.41) is 3.44. The number of nitrogens with zero attached hydrogens (tertiary/aromatic N) is 2. The van der Waals surface area contributed by atoms with Gasteiger partial charge in [0.05, 0.1) is 11.4 Å². The smallest absolute Gasteiger partial charge is 0.253 e. The Morgan fingerprint density at radius 2 is 1.78 bits per heavy atom. The molecule has 2 aliphatic rings. The van der Waals surface area contributed by atoms with Crippen molar-refractivity contribution in [3.63, 3.8) is 0 Å². The molecule has 4 rings (SSSR count). The Balaban J connectivity index is 1.74. The first-order valence-electron chi connectivity index (χ1n) is 9.93. The van der Waals surface area contributed by atoms with Crippen molar-refractivity contribution in [1.29, 1.82) is 0 Å². The number of rotatable bonds is 4. The second-order valence-electron chi connectivity index (χ2n) is 7.08. The lowest BCUT2D eigenvalue weighted by Crippen LogP contribution is -2.41. The third-order valence-corrected chi connectivity index (χ3v) is 5.54. The zero-order valence-corrected chi connectivity index (χ0v) is 16.1. The van der Waals surface area contributed by atoms with Crippen molar-refractivity contribution >= 4 is 17.3 Å². The monoisotopic (exact) mass is 365 g/mol. The average molecular weight is 365 g/mol. The minimum absolute atomic E-state index is 0.0543. The van der Waals surface area contributed by atoms with E-state index in [2.05, 4.69) is 22.3 Å². The highest BCUT2D eigenvalue weighted by Crippen LogP contribution is 2.48. The van der Waals surface area contributed by atoms with Gasteiger partial charge < -0.3 is 19.9 Å². The number of amides is 1. The lowest BCUT2D eigenvalue weighted by molar-refractivity contribution is 0.0772. The predicted molar refractivity (Wildman–Crippen MR) is 108 cm³/mol. The second kappa shape index (κ2) is 7.61. The van der Waals surface area contributed by atoms with Crippen LogP contribution in [0.4, 0.5) is 11.4 Å². The highest BCUT2D eigenvalue weighted by atomic mass is 16.5. The molecule has 0 aromatic heterocycles. The summed E-state index contributed by atoms with van der Waals surface area (Å²) in [6, 6.07) is 14.5. The molecular formula is C22H27N3O2. The molecule has 27 heavy (non-hydrogen) atoms. The van der Waals surface area contributed by atoms with Crippen molar-refractivity contribution in [2.45, 2.75) is 32.7 Å². The molecule has 5 heteroatoms. The maximum atomic E-state index is 12.8. The van der Waals surface area contributed by atoms with Crippen LogP contribution >= 0.6 is 0 Å². The molecule has 2 aromatic carbocycles. The molecule has 1 fully saturated rings. The van der Waals surface area contributed by atoms with Crippen LogP contribution in [0.2, 0.25) is 0 Å². The molecule has 5 nitrogen and oxygen atoms in total. The van der Waals surface area contributed by atoms with E-state index in [1.54, 1.807) is 0 Å². The van der Waals surface area contributed by atoms with Crippen molar-refractivity contribution < 1.29 is 9.53 Å². The van der Waals surface area contributed by atoms with Crippen molar-refractivity contribution in [2.24, 2.45) is 0 Å². The van der Waals surface area contributed by atoms with Gasteiger partial charge in [-0.1, -0.05) is 12.1 Å². The van der Waals surface area contributed by atoms with Crippen LogP contribution in [-0.2, 0) is 0 Å². The number of fused-ring (bicyclic) bond motifs is 2. The molecule has 142 valence electrons. The molecule has 1 N–H and O–H groups in total. The normalized spacial score (nSPS) is 16.3. The molecule has 2 aliphatic heterocycles. The summed E-state index contributed by atoms with van der Waals surface area (Å²) in [7, 11) is 0. The van der Waals surface area contributed by atoms with Crippen LogP contribution in [0.15, 0.2) is 42.5 Å². The number of hydrogen-bond donors (Lipinski definition) is 1. The summed E-state index contributed by atoms with van der Waals surface area (Å²) in [6.07, 6.45) is 2.18. The van der Waals surface area contributed by atoms with Gasteiger partial charge in [0.1, 0.15) is 0 Å². The Bertz CT molecular complexity index is 826. The molecule has 1 saturated heterocycles. The standard InChI is InChI=1S/C22H27N3O2/c1-3-24(4-2)22(26)16-9-10-19-21(15-16)27-20-8-6-5-7-18(20)25(19)17-11-13-23-14-12-17/h5-10,15,17,23H,3-4,11-14H2,1-2H3. The minimum atomic E-state index is 0.0543. The van der Waals surface area contributed by atoms with E-state index in [1.807, 2.05) is 49.1 Å². The number of benzene rings is 2.